The molecule has 3 unspecified atom stereocenters. The SMILES string of the molecule is CC(=O)NCCCNC1CC(C)NC(NC(=O)Nc2ccc(OC(C)C)cc2)N1C1CCCCC1. The minimum absolute atomic E-state index is 0.00156. The first-order valence-electron chi connectivity index (χ1n) is 13.2. The van der Waals surface area contributed by atoms with Gasteiger partial charge in [0.2, 0.25) is 5.91 Å². The lowest BCUT2D eigenvalue weighted by atomic mass is 9.92. The minimum atomic E-state index is -0.266. The van der Waals surface area contributed by atoms with E-state index < -0.39 is 0 Å². The molecule has 35 heavy (non-hydrogen) atoms. The number of carbonyl (C=O) groups is 2. The molecule has 9 nitrogen and oxygen atoms in total. The Labute approximate surface area is 210 Å². The highest BCUT2D eigenvalue weighted by atomic mass is 16.5. The fourth-order valence-corrected chi connectivity index (χ4v) is 5.01. The summed E-state index contributed by atoms with van der Waals surface area (Å²) in [5.74, 6) is 0.784. The van der Waals surface area contributed by atoms with Crippen LogP contribution in [0.15, 0.2) is 24.3 Å². The summed E-state index contributed by atoms with van der Waals surface area (Å²) in [6, 6.07) is 7.87. The lowest BCUT2D eigenvalue weighted by molar-refractivity contribution is -0.118. The monoisotopic (exact) mass is 488 g/mol. The number of hydrogen-bond donors (Lipinski definition) is 5. The third-order valence-corrected chi connectivity index (χ3v) is 6.53. The maximum Gasteiger partial charge on any atom is 0.321 e. The molecule has 1 saturated carbocycles. The van der Waals surface area contributed by atoms with Gasteiger partial charge in [-0.3, -0.25) is 15.0 Å². The fourth-order valence-electron chi connectivity index (χ4n) is 5.01. The van der Waals surface area contributed by atoms with Gasteiger partial charge in [0.05, 0.1) is 12.3 Å². The van der Waals surface area contributed by atoms with E-state index in [4.69, 9.17) is 4.74 Å². The van der Waals surface area contributed by atoms with Crippen LogP contribution in [-0.4, -0.2) is 60.6 Å². The Bertz CT molecular complexity index is 797. The fraction of sp³-hybridized carbons (Fsp3) is 0.692. The first-order valence-corrected chi connectivity index (χ1v) is 13.2. The lowest BCUT2D eigenvalue weighted by Crippen LogP contribution is -2.71. The van der Waals surface area contributed by atoms with Gasteiger partial charge in [-0.1, -0.05) is 19.3 Å². The molecule has 1 aliphatic heterocycles. The number of nitrogens with one attached hydrogen (secondary N) is 5. The van der Waals surface area contributed by atoms with Crippen LogP contribution in [-0.2, 0) is 4.79 Å². The van der Waals surface area contributed by atoms with E-state index in [1.54, 1.807) is 6.92 Å². The predicted octanol–water partition coefficient (Wildman–Crippen LogP) is 3.34. The maximum atomic E-state index is 13.0. The highest BCUT2D eigenvalue weighted by molar-refractivity contribution is 5.89. The molecule has 3 rings (SSSR count). The number of ether oxygens (including phenoxy) is 1. The van der Waals surface area contributed by atoms with E-state index in [9.17, 15) is 9.59 Å². The van der Waals surface area contributed by atoms with Gasteiger partial charge in [0.25, 0.3) is 0 Å². The molecule has 2 aliphatic rings. The van der Waals surface area contributed by atoms with E-state index in [-0.39, 0.29) is 36.5 Å². The van der Waals surface area contributed by atoms with E-state index in [0.29, 0.717) is 12.6 Å². The summed E-state index contributed by atoms with van der Waals surface area (Å²) in [7, 11) is 0. The van der Waals surface area contributed by atoms with Crippen molar-refractivity contribution >= 4 is 17.6 Å². The molecular formula is C26H44N6O3. The van der Waals surface area contributed by atoms with Gasteiger partial charge in [-0.2, -0.15) is 0 Å². The van der Waals surface area contributed by atoms with Crippen LogP contribution in [0.25, 0.3) is 0 Å². The van der Waals surface area contributed by atoms with Crippen LogP contribution in [0.1, 0.15) is 72.6 Å². The van der Waals surface area contributed by atoms with Crippen molar-refractivity contribution in [3.8, 4) is 5.75 Å². The largest absolute Gasteiger partial charge is 0.491 e. The second-order valence-electron chi connectivity index (χ2n) is 10.0. The van der Waals surface area contributed by atoms with Gasteiger partial charge in [-0.05, 0) is 77.3 Å². The molecule has 2 fully saturated rings. The highest BCUT2D eigenvalue weighted by Gasteiger charge is 2.38. The Hall–Kier alpha value is -2.36. The molecule has 1 aromatic rings. The Morgan fingerprint density at radius 1 is 1.11 bits per heavy atom. The number of rotatable bonds is 10. The summed E-state index contributed by atoms with van der Waals surface area (Å²) in [5, 5.41) is 16.3. The second-order valence-corrected chi connectivity index (χ2v) is 10.0. The normalized spacial score (nSPS) is 23.6. The molecule has 3 atom stereocenters. The van der Waals surface area contributed by atoms with Crippen LogP contribution >= 0.6 is 0 Å². The Morgan fingerprint density at radius 2 is 1.83 bits per heavy atom. The molecule has 0 bridgehead atoms. The Balaban J connectivity index is 1.62. The maximum absolute atomic E-state index is 13.0. The van der Waals surface area contributed by atoms with Gasteiger partial charge >= 0.3 is 6.03 Å². The Morgan fingerprint density at radius 3 is 2.49 bits per heavy atom. The van der Waals surface area contributed by atoms with E-state index in [1.165, 1.54) is 19.3 Å². The molecule has 1 aliphatic carbocycles. The highest BCUT2D eigenvalue weighted by Crippen LogP contribution is 2.28. The number of carbonyl (C=O) groups excluding carboxylic acids is 2. The minimum Gasteiger partial charge on any atom is -0.491 e. The number of anilines is 1. The molecule has 1 heterocycles. The van der Waals surface area contributed by atoms with Crippen LogP contribution in [0.3, 0.4) is 0 Å². The van der Waals surface area contributed by atoms with Crippen LogP contribution in [0.2, 0.25) is 0 Å². The first-order chi connectivity index (χ1) is 16.8. The number of nitrogens with zero attached hydrogens (tertiary/aromatic N) is 1. The quantitative estimate of drug-likeness (QED) is 0.324. The summed E-state index contributed by atoms with van der Waals surface area (Å²) in [6.07, 6.45) is 7.80. The smallest absolute Gasteiger partial charge is 0.321 e. The summed E-state index contributed by atoms with van der Waals surface area (Å²) in [6.45, 7) is 9.15. The lowest BCUT2D eigenvalue weighted by Gasteiger charge is -2.50. The van der Waals surface area contributed by atoms with Crippen molar-refractivity contribution < 1.29 is 14.3 Å². The van der Waals surface area contributed by atoms with E-state index in [1.807, 2.05) is 38.1 Å². The van der Waals surface area contributed by atoms with Crippen molar-refractivity contribution in [2.24, 2.45) is 0 Å². The molecule has 9 heteroatoms. The molecule has 1 saturated heterocycles. The Kier molecular flexibility index (Phi) is 10.6. The van der Waals surface area contributed by atoms with Crippen molar-refractivity contribution in [2.45, 2.75) is 103 Å². The van der Waals surface area contributed by atoms with Gasteiger partial charge in [0.1, 0.15) is 12.0 Å². The predicted molar refractivity (Wildman–Crippen MR) is 139 cm³/mol. The average molecular weight is 489 g/mol. The molecule has 0 spiro atoms. The zero-order valence-electron chi connectivity index (χ0n) is 21.7. The summed E-state index contributed by atoms with van der Waals surface area (Å²) in [4.78, 5) is 26.5. The standard InChI is InChI=1S/C26H44N6O3/c1-18(2)35-23-13-11-21(12-14-23)30-26(34)31-25-29-19(3)17-24(28-16-8-15-27-20(4)33)32(25)22-9-6-5-7-10-22/h11-14,18-19,22,24-25,28-29H,5-10,15-17H2,1-4H3,(H,27,33)(H2,30,31,34). The van der Waals surface area contributed by atoms with Crippen LogP contribution in [0.5, 0.6) is 5.75 Å². The van der Waals surface area contributed by atoms with Gasteiger partial charge in [0, 0.05) is 31.2 Å². The number of amides is 3. The van der Waals surface area contributed by atoms with Gasteiger partial charge in [0.15, 0.2) is 0 Å². The molecular weight excluding hydrogens is 444 g/mol. The van der Waals surface area contributed by atoms with Crippen LogP contribution in [0, 0.1) is 0 Å². The molecule has 196 valence electrons. The van der Waals surface area contributed by atoms with Crippen molar-refractivity contribution in [2.75, 3.05) is 18.4 Å². The molecule has 0 radical (unpaired) electrons. The van der Waals surface area contributed by atoms with Crippen LogP contribution in [0.4, 0.5) is 10.5 Å². The molecule has 3 amide bonds. The molecule has 5 N–H and O–H groups in total. The zero-order valence-corrected chi connectivity index (χ0v) is 21.7. The zero-order chi connectivity index (χ0) is 25.2. The molecule has 1 aromatic carbocycles. The topological polar surface area (TPSA) is 107 Å². The van der Waals surface area contributed by atoms with Crippen molar-refractivity contribution in [3.05, 3.63) is 24.3 Å². The first kappa shape index (κ1) is 27.2. The van der Waals surface area contributed by atoms with Crippen molar-refractivity contribution in [1.82, 2.24) is 26.2 Å². The number of hydrogen-bond acceptors (Lipinski definition) is 6. The third-order valence-electron chi connectivity index (χ3n) is 6.53. The third kappa shape index (κ3) is 8.98. The number of benzene rings is 1. The number of urea groups is 1. The summed E-state index contributed by atoms with van der Waals surface area (Å²) >= 11 is 0. The van der Waals surface area contributed by atoms with Crippen molar-refractivity contribution in [1.29, 1.82) is 0 Å². The molecule has 0 aromatic heterocycles. The van der Waals surface area contributed by atoms with Gasteiger partial charge in [-0.15, -0.1) is 0 Å². The van der Waals surface area contributed by atoms with Gasteiger partial charge < -0.3 is 26.0 Å². The van der Waals surface area contributed by atoms with E-state index >= 15 is 0 Å². The van der Waals surface area contributed by atoms with E-state index in [0.717, 1.165) is 43.7 Å². The summed E-state index contributed by atoms with van der Waals surface area (Å²) in [5.41, 5.74) is 0.722. The van der Waals surface area contributed by atoms with E-state index in [2.05, 4.69) is 38.4 Å². The summed E-state index contributed by atoms with van der Waals surface area (Å²) < 4.78 is 5.69. The van der Waals surface area contributed by atoms with Gasteiger partial charge in [-0.25, -0.2) is 4.79 Å². The average Bonchev–Trinajstić information content (AvgIpc) is 2.80. The second kappa shape index (κ2) is 13.7. The van der Waals surface area contributed by atoms with Crippen molar-refractivity contribution in [3.63, 3.8) is 0 Å². The van der Waals surface area contributed by atoms with Crippen LogP contribution < -0.4 is 31.3 Å².